The number of thioether (sulfide) groups is 1. The van der Waals surface area contributed by atoms with Crippen molar-refractivity contribution in [2.24, 2.45) is 0 Å². The molecule has 2 aromatic carbocycles. The largest absolute Gasteiger partial charge is 0.197 e. The molecular weight excluding hydrogens is 325 g/mol. The SMILES string of the molecule is Clc1ccc(-c2ccc(CSc3cn[nH]n3)cc2)cc1Cl. The fraction of sp³-hybridized carbons (Fsp3) is 0.0667. The van der Waals surface area contributed by atoms with Crippen LogP contribution in [0.5, 0.6) is 0 Å². The summed E-state index contributed by atoms with van der Waals surface area (Å²) in [5.41, 5.74) is 3.40. The van der Waals surface area contributed by atoms with Gasteiger partial charge >= 0.3 is 0 Å². The first-order valence-electron chi connectivity index (χ1n) is 6.25. The van der Waals surface area contributed by atoms with E-state index in [4.69, 9.17) is 23.2 Å². The first-order chi connectivity index (χ1) is 10.2. The van der Waals surface area contributed by atoms with Crippen molar-refractivity contribution in [2.45, 2.75) is 10.8 Å². The predicted molar refractivity (Wildman–Crippen MR) is 87.8 cm³/mol. The maximum Gasteiger partial charge on any atom is 0.139 e. The van der Waals surface area contributed by atoms with E-state index in [9.17, 15) is 0 Å². The van der Waals surface area contributed by atoms with E-state index in [1.807, 2.05) is 18.2 Å². The van der Waals surface area contributed by atoms with Crippen LogP contribution in [0.3, 0.4) is 0 Å². The molecule has 0 atom stereocenters. The second-order valence-corrected chi connectivity index (χ2v) is 6.23. The molecule has 1 aromatic heterocycles. The maximum absolute atomic E-state index is 6.05. The van der Waals surface area contributed by atoms with Crippen LogP contribution in [0.15, 0.2) is 53.7 Å². The van der Waals surface area contributed by atoms with Gasteiger partial charge in [-0.25, -0.2) is 0 Å². The molecule has 3 rings (SSSR count). The Morgan fingerprint density at radius 2 is 1.71 bits per heavy atom. The van der Waals surface area contributed by atoms with Crippen molar-refractivity contribution in [3.8, 4) is 11.1 Å². The van der Waals surface area contributed by atoms with Crippen molar-refractivity contribution in [1.29, 1.82) is 0 Å². The third-order valence-corrected chi connectivity index (χ3v) is 4.70. The lowest BCUT2D eigenvalue weighted by atomic mass is 10.0. The van der Waals surface area contributed by atoms with Crippen molar-refractivity contribution in [1.82, 2.24) is 15.4 Å². The molecule has 0 unspecified atom stereocenters. The summed E-state index contributed by atoms with van der Waals surface area (Å²) in [6.45, 7) is 0. The summed E-state index contributed by atoms with van der Waals surface area (Å²) in [6, 6.07) is 14.0. The van der Waals surface area contributed by atoms with Gasteiger partial charge in [0.25, 0.3) is 0 Å². The van der Waals surface area contributed by atoms with Crippen LogP contribution in [0.1, 0.15) is 5.56 Å². The maximum atomic E-state index is 6.05. The highest BCUT2D eigenvalue weighted by molar-refractivity contribution is 7.98. The zero-order chi connectivity index (χ0) is 14.7. The van der Waals surface area contributed by atoms with Gasteiger partial charge in [-0.2, -0.15) is 10.3 Å². The van der Waals surface area contributed by atoms with Gasteiger partial charge in [0.05, 0.1) is 16.2 Å². The molecule has 0 aliphatic carbocycles. The van der Waals surface area contributed by atoms with E-state index < -0.39 is 0 Å². The summed E-state index contributed by atoms with van der Waals surface area (Å²) in [6.07, 6.45) is 1.72. The average molecular weight is 336 g/mol. The van der Waals surface area contributed by atoms with E-state index in [-0.39, 0.29) is 0 Å². The summed E-state index contributed by atoms with van der Waals surface area (Å²) in [7, 11) is 0. The minimum Gasteiger partial charge on any atom is -0.197 e. The lowest BCUT2D eigenvalue weighted by molar-refractivity contribution is 0.911. The third-order valence-electron chi connectivity index (χ3n) is 2.99. The van der Waals surface area contributed by atoms with Crippen molar-refractivity contribution in [3.63, 3.8) is 0 Å². The fourth-order valence-corrected chi connectivity index (χ4v) is 2.92. The van der Waals surface area contributed by atoms with Crippen molar-refractivity contribution < 1.29 is 0 Å². The van der Waals surface area contributed by atoms with E-state index in [2.05, 4.69) is 39.7 Å². The summed E-state index contributed by atoms with van der Waals surface area (Å²) in [5, 5.41) is 12.4. The molecular formula is C15H11Cl2N3S. The first kappa shape index (κ1) is 14.4. The fourth-order valence-electron chi connectivity index (χ4n) is 1.89. The van der Waals surface area contributed by atoms with Crippen LogP contribution >= 0.6 is 35.0 Å². The summed E-state index contributed by atoms with van der Waals surface area (Å²) >= 11 is 13.6. The molecule has 3 aromatic rings. The van der Waals surface area contributed by atoms with Crippen LogP contribution in [0.25, 0.3) is 11.1 Å². The smallest absolute Gasteiger partial charge is 0.139 e. The Hall–Kier alpha value is -1.49. The Kier molecular flexibility index (Phi) is 4.48. The van der Waals surface area contributed by atoms with E-state index in [1.54, 1.807) is 18.0 Å². The number of benzene rings is 2. The number of aromatic nitrogens is 3. The predicted octanol–water partition coefficient (Wildman–Crippen LogP) is 5.07. The number of H-pyrrole nitrogens is 1. The molecule has 21 heavy (non-hydrogen) atoms. The molecule has 0 radical (unpaired) electrons. The van der Waals surface area contributed by atoms with E-state index in [0.717, 1.165) is 21.9 Å². The van der Waals surface area contributed by atoms with Crippen LogP contribution in [0.2, 0.25) is 10.0 Å². The van der Waals surface area contributed by atoms with Gasteiger partial charge in [-0.3, -0.25) is 0 Å². The molecule has 0 bridgehead atoms. The van der Waals surface area contributed by atoms with Gasteiger partial charge in [-0.15, -0.1) is 5.10 Å². The molecule has 0 aliphatic rings. The van der Waals surface area contributed by atoms with Crippen LogP contribution in [-0.4, -0.2) is 15.4 Å². The highest BCUT2D eigenvalue weighted by Crippen LogP contribution is 2.29. The van der Waals surface area contributed by atoms with Gasteiger partial charge in [0, 0.05) is 5.75 Å². The first-order valence-corrected chi connectivity index (χ1v) is 7.99. The molecule has 1 N–H and O–H groups in total. The Morgan fingerprint density at radius 1 is 0.952 bits per heavy atom. The molecule has 6 heteroatoms. The van der Waals surface area contributed by atoms with Crippen LogP contribution in [-0.2, 0) is 5.75 Å². The number of aromatic amines is 1. The minimum absolute atomic E-state index is 0.569. The molecule has 0 aliphatic heterocycles. The van der Waals surface area contributed by atoms with Gasteiger partial charge in [0.15, 0.2) is 0 Å². The summed E-state index contributed by atoms with van der Waals surface area (Å²) < 4.78 is 0. The summed E-state index contributed by atoms with van der Waals surface area (Å²) in [5.74, 6) is 0.855. The molecule has 0 saturated carbocycles. The quantitative estimate of drug-likeness (QED) is 0.676. The molecule has 106 valence electrons. The monoisotopic (exact) mass is 335 g/mol. The molecule has 1 heterocycles. The number of rotatable bonds is 4. The Balaban J connectivity index is 1.72. The van der Waals surface area contributed by atoms with Crippen LogP contribution < -0.4 is 0 Å². The number of hydrogen-bond donors (Lipinski definition) is 1. The zero-order valence-electron chi connectivity index (χ0n) is 10.9. The third kappa shape index (κ3) is 3.59. The van der Waals surface area contributed by atoms with Crippen molar-refractivity contribution >= 4 is 35.0 Å². The van der Waals surface area contributed by atoms with E-state index in [1.165, 1.54) is 5.56 Å². The van der Waals surface area contributed by atoms with Crippen molar-refractivity contribution in [2.75, 3.05) is 0 Å². The lowest BCUT2D eigenvalue weighted by Gasteiger charge is -2.05. The van der Waals surface area contributed by atoms with Gasteiger partial charge in [0.1, 0.15) is 5.03 Å². The Bertz CT molecular complexity index is 727. The van der Waals surface area contributed by atoms with E-state index >= 15 is 0 Å². The molecule has 0 amide bonds. The highest BCUT2D eigenvalue weighted by atomic mass is 35.5. The standard InChI is InChI=1S/C15H11Cl2N3S/c16-13-6-5-12(7-14(13)17)11-3-1-10(2-4-11)9-21-15-8-18-20-19-15/h1-8H,9H2,(H,18,19,20). The van der Waals surface area contributed by atoms with Gasteiger partial charge < -0.3 is 0 Å². The number of hydrogen-bond acceptors (Lipinski definition) is 3. The Labute approximate surface area is 136 Å². The molecule has 0 fully saturated rings. The van der Waals surface area contributed by atoms with Gasteiger partial charge in [0.2, 0.25) is 0 Å². The number of nitrogens with zero attached hydrogens (tertiary/aromatic N) is 2. The summed E-state index contributed by atoms with van der Waals surface area (Å²) in [4.78, 5) is 0. The van der Waals surface area contributed by atoms with Crippen molar-refractivity contribution in [3.05, 3.63) is 64.3 Å². The second-order valence-electron chi connectivity index (χ2n) is 4.42. The van der Waals surface area contributed by atoms with E-state index in [0.29, 0.717) is 10.0 Å². The highest BCUT2D eigenvalue weighted by Gasteiger charge is 2.03. The zero-order valence-corrected chi connectivity index (χ0v) is 13.2. The molecule has 0 saturated heterocycles. The topological polar surface area (TPSA) is 41.6 Å². The van der Waals surface area contributed by atoms with Gasteiger partial charge in [-0.1, -0.05) is 65.3 Å². The number of halogens is 2. The molecule has 3 nitrogen and oxygen atoms in total. The number of nitrogens with one attached hydrogen (secondary N) is 1. The van der Waals surface area contributed by atoms with Crippen LogP contribution in [0, 0.1) is 0 Å². The Morgan fingerprint density at radius 3 is 2.38 bits per heavy atom. The minimum atomic E-state index is 0.569. The molecule has 0 spiro atoms. The average Bonchev–Trinajstić information content (AvgIpc) is 3.02. The second kappa shape index (κ2) is 6.52. The lowest BCUT2D eigenvalue weighted by Crippen LogP contribution is -1.83. The van der Waals surface area contributed by atoms with Gasteiger partial charge in [-0.05, 0) is 28.8 Å². The van der Waals surface area contributed by atoms with Crippen LogP contribution in [0.4, 0.5) is 0 Å². The normalized spacial score (nSPS) is 10.8.